The minimum absolute atomic E-state index is 0.0255. The third-order valence-corrected chi connectivity index (χ3v) is 7.35. The van der Waals surface area contributed by atoms with Crippen molar-refractivity contribution in [3.63, 3.8) is 0 Å². The van der Waals surface area contributed by atoms with Crippen LogP contribution in [0.3, 0.4) is 0 Å². The molecule has 0 aliphatic carbocycles. The lowest BCUT2D eigenvalue weighted by Crippen LogP contribution is -2.58. The molecule has 0 aliphatic rings. The number of imidazole rings is 1. The Labute approximate surface area is 272 Å². The lowest BCUT2D eigenvalue weighted by Gasteiger charge is -2.27. The number of primary amides is 1. The van der Waals surface area contributed by atoms with Crippen LogP contribution in [0.25, 0.3) is 10.9 Å². The van der Waals surface area contributed by atoms with E-state index in [1.807, 2.05) is 38.1 Å². The number of para-hydroxylation sites is 1. The van der Waals surface area contributed by atoms with Gasteiger partial charge in [0.15, 0.2) is 5.96 Å². The molecule has 0 aliphatic heterocycles. The van der Waals surface area contributed by atoms with Crippen molar-refractivity contribution in [2.24, 2.45) is 28.1 Å². The lowest BCUT2D eigenvalue weighted by atomic mass is 10.0. The summed E-state index contributed by atoms with van der Waals surface area (Å²) in [5.41, 5.74) is 18.8. The third kappa shape index (κ3) is 11.5. The number of aromatic nitrogens is 3. The van der Waals surface area contributed by atoms with Gasteiger partial charge in [-0.05, 0) is 36.8 Å². The number of amides is 5. The van der Waals surface area contributed by atoms with Crippen molar-refractivity contribution in [1.29, 1.82) is 0 Å². The highest BCUT2D eigenvalue weighted by atomic mass is 16.2. The molecule has 12 N–H and O–H groups in total. The van der Waals surface area contributed by atoms with E-state index >= 15 is 0 Å². The minimum Gasteiger partial charge on any atom is -0.370 e. The molecule has 2 aromatic heterocycles. The average Bonchev–Trinajstić information content (AvgIpc) is 3.67. The number of carbonyl (C=O) groups is 5. The van der Waals surface area contributed by atoms with Crippen LogP contribution in [-0.2, 0) is 36.8 Å². The minimum atomic E-state index is -1.12. The van der Waals surface area contributed by atoms with E-state index in [1.165, 1.54) is 19.4 Å². The molecule has 0 saturated carbocycles. The van der Waals surface area contributed by atoms with Crippen molar-refractivity contribution in [1.82, 2.24) is 36.2 Å². The summed E-state index contributed by atoms with van der Waals surface area (Å²) in [6, 6.07) is 3.28. The second-order valence-electron chi connectivity index (χ2n) is 11.8. The summed E-state index contributed by atoms with van der Waals surface area (Å²) < 4.78 is 0. The van der Waals surface area contributed by atoms with Gasteiger partial charge < -0.3 is 48.4 Å². The summed E-state index contributed by atoms with van der Waals surface area (Å²) in [6.07, 6.45) is 5.63. The van der Waals surface area contributed by atoms with E-state index < -0.39 is 53.7 Å². The Bertz CT molecular complexity index is 1550. The maximum absolute atomic E-state index is 13.7. The summed E-state index contributed by atoms with van der Waals surface area (Å²) in [4.78, 5) is 78.9. The highest BCUT2D eigenvalue weighted by Crippen LogP contribution is 2.19. The number of hydrogen-bond acceptors (Lipinski definition) is 7. The highest BCUT2D eigenvalue weighted by molar-refractivity contribution is 5.95. The number of nitrogens with one attached hydrogen (secondary N) is 6. The highest BCUT2D eigenvalue weighted by Gasteiger charge is 2.31. The molecule has 16 heteroatoms. The number of hydrogen-bond donors (Lipinski definition) is 9. The maximum atomic E-state index is 13.7. The number of guanidine groups is 1. The van der Waals surface area contributed by atoms with Crippen LogP contribution < -0.4 is 38.5 Å². The Balaban J connectivity index is 1.79. The van der Waals surface area contributed by atoms with Gasteiger partial charge in [0, 0.05) is 55.3 Å². The smallest absolute Gasteiger partial charge is 0.243 e. The van der Waals surface area contributed by atoms with Gasteiger partial charge in [-0.3, -0.25) is 29.0 Å². The Kier molecular flexibility index (Phi) is 13.3. The van der Waals surface area contributed by atoms with Crippen molar-refractivity contribution in [3.8, 4) is 0 Å². The molecule has 4 atom stereocenters. The number of carbonyl (C=O) groups excluding carboxylic acids is 5. The summed E-state index contributed by atoms with van der Waals surface area (Å²) in [5, 5.41) is 11.6. The fourth-order valence-electron chi connectivity index (χ4n) is 5.11. The number of rotatable bonds is 18. The van der Waals surface area contributed by atoms with Gasteiger partial charge >= 0.3 is 0 Å². The average molecular weight is 652 g/mol. The van der Waals surface area contributed by atoms with Gasteiger partial charge in [-0.2, -0.15) is 0 Å². The lowest BCUT2D eigenvalue weighted by molar-refractivity contribution is -0.134. The van der Waals surface area contributed by atoms with Crippen LogP contribution >= 0.6 is 0 Å². The second-order valence-corrected chi connectivity index (χ2v) is 11.8. The van der Waals surface area contributed by atoms with Crippen LogP contribution in [0.2, 0.25) is 0 Å². The molecule has 0 unspecified atom stereocenters. The largest absolute Gasteiger partial charge is 0.370 e. The van der Waals surface area contributed by atoms with Gasteiger partial charge in [0.25, 0.3) is 0 Å². The molecule has 3 aromatic rings. The molecule has 0 radical (unpaired) electrons. The van der Waals surface area contributed by atoms with Crippen LogP contribution in [-0.4, -0.2) is 81.2 Å². The molecule has 16 nitrogen and oxygen atoms in total. The molecule has 3 rings (SSSR count). The molecular weight excluding hydrogens is 606 g/mol. The number of nitrogens with zero attached hydrogens (tertiary/aromatic N) is 2. The van der Waals surface area contributed by atoms with Gasteiger partial charge in [0.1, 0.15) is 24.2 Å². The van der Waals surface area contributed by atoms with E-state index in [9.17, 15) is 24.0 Å². The predicted octanol–water partition coefficient (Wildman–Crippen LogP) is -0.780. The molecular formula is C31H45N11O5. The first kappa shape index (κ1) is 36.1. The van der Waals surface area contributed by atoms with E-state index in [4.69, 9.17) is 17.2 Å². The first-order valence-electron chi connectivity index (χ1n) is 15.4. The summed E-state index contributed by atoms with van der Waals surface area (Å²) in [6.45, 7) is 5.23. The summed E-state index contributed by atoms with van der Waals surface area (Å²) in [5.74, 6) is -3.17. The standard InChI is InChI=1S/C31H45N11O5/c1-17(2)11-25(42-30(47)26(39-18(3)43)13-20-15-35-16-38-20)29(46)40-23(9-6-10-36-31(33)34)28(45)41-24(27(32)44)12-19-14-37-22-8-5-4-7-21(19)22/h4-5,7-8,14-17,23-26,37H,6,9-13H2,1-3H3,(H2,32,44)(H,35,38)(H,39,43)(H,40,46)(H,41,45)(H,42,47)(H4,33,34,36)/t23-,24-,25-,26-/m0/s1. The summed E-state index contributed by atoms with van der Waals surface area (Å²) in [7, 11) is 0. The van der Waals surface area contributed by atoms with Crippen molar-refractivity contribution < 1.29 is 24.0 Å². The number of aliphatic imine (C=N–C) groups is 1. The molecule has 0 bridgehead atoms. The van der Waals surface area contributed by atoms with Crippen LogP contribution in [0.1, 0.15) is 51.3 Å². The van der Waals surface area contributed by atoms with E-state index in [0.29, 0.717) is 12.1 Å². The fraction of sp³-hybridized carbons (Fsp3) is 0.452. The van der Waals surface area contributed by atoms with Crippen molar-refractivity contribution in [2.45, 2.75) is 77.0 Å². The Morgan fingerprint density at radius 2 is 1.51 bits per heavy atom. The van der Waals surface area contributed by atoms with Gasteiger partial charge in [0.2, 0.25) is 29.5 Å². The van der Waals surface area contributed by atoms with Gasteiger partial charge in [0.05, 0.1) is 6.33 Å². The molecule has 47 heavy (non-hydrogen) atoms. The number of aromatic amines is 2. The number of nitrogens with two attached hydrogens (primary N) is 3. The topological polar surface area (TPSA) is 268 Å². The first-order chi connectivity index (χ1) is 22.3. The van der Waals surface area contributed by atoms with Crippen molar-refractivity contribution in [2.75, 3.05) is 6.54 Å². The molecule has 0 saturated heterocycles. The predicted molar refractivity (Wildman–Crippen MR) is 176 cm³/mol. The van der Waals surface area contributed by atoms with Crippen molar-refractivity contribution in [3.05, 3.63) is 54.2 Å². The molecule has 5 amide bonds. The summed E-state index contributed by atoms with van der Waals surface area (Å²) >= 11 is 0. The first-order valence-corrected chi connectivity index (χ1v) is 15.4. The van der Waals surface area contributed by atoms with E-state index in [0.717, 1.165) is 16.5 Å². The zero-order valence-corrected chi connectivity index (χ0v) is 26.8. The number of benzene rings is 1. The Hall–Kier alpha value is -5.41. The third-order valence-electron chi connectivity index (χ3n) is 7.35. The Morgan fingerprint density at radius 3 is 2.15 bits per heavy atom. The second kappa shape index (κ2) is 17.3. The fourth-order valence-corrected chi connectivity index (χ4v) is 5.11. The molecule has 0 fully saturated rings. The van der Waals surface area contributed by atoms with E-state index in [-0.39, 0.29) is 44.1 Å². The molecule has 0 spiro atoms. The van der Waals surface area contributed by atoms with Crippen LogP contribution in [0.15, 0.2) is 48.0 Å². The quantitative estimate of drug-likeness (QED) is 0.0477. The van der Waals surface area contributed by atoms with Gasteiger partial charge in [-0.1, -0.05) is 32.0 Å². The van der Waals surface area contributed by atoms with Crippen LogP contribution in [0.4, 0.5) is 0 Å². The van der Waals surface area contributed by atoms with Crippen LogP contribution in [0.5, 0.6) is 0 Å². The van der Waals surface area contributed by atoms with Crippen LogP contribution in [0, 0.1) is 5.92 Å². The van der Waals surface area contributed by atoms with E-state index in [1.54, 1.807) is 6.20 Å². The Morgan fingerprint density at radius 1 is 0.851 bits per heavy atom. The van der Waals surface area contributed by atoms with Gasteiger partial charge in [-0.25, -0.2) is 4.98 Å². The zero-order chi connectivity index (χ0) is 34.5. The number of fused-ring (bicyclic) bond motifs is 1. The zero-order valence-electron chi connectivity index (χ0n) is 26.8. The SMILES string of the molecule is CC(=O)N[C@@H](Cc1cnc[nH]1)C(=O)N[C@@H](CC(C)C)C(=O)N[C@@H](CCCN=C(N)N)C(=O)N[C@@H](Cc1c[nH]c2ccccc12)C(N)=O. The molecule has 254 valence electrons. The van der Waals surface area contributed by atoms with Crippen molar-refractivity contribution >= 4 is 46.4 Å². The maximum Gasteiger partial charge on any atom is 0.243 e. The van der Waals surface area contributed by atoms with Gasteiger partial charge in [-0.15, -0.1) is 0 Å². The van der Waals surface area contributed by atoms with E-state index in [2.05, 4.69) is 41.2 Å². The molecule has 1 aromatic carbocycles. The normalized spacial score (nSPS) is 13.6. The monoisotopic (exact) mass is 651 g/mol. The molecule has 2 heterocycles. The number of H-pyrrole nitrogens is 2.